The third-order valence-corrected chi connectivity index (χ3v) is 5.62. The van der Waals surface area contributed by atoms with E-state index in [0.29, 0.717) is 23.7 Å². The summed E-state index contributed by atoms with van der Waals surface area (Å²) in [5, 5.41) is 2.19. The summed E-state index contributed by atoms with van der Waals surface area (Å²) in [4.78, 5) is 40.9. The second kappa shape index (κ2) is 7.16. The molecule has 0 unspecified atom stereocenters. The highest BCUT2D eigenvalue weighted by atomic mass is 19.2. The lowest BCUT2D eigenvalue weighted by atomic mass is 9.98. The molecule has 2 aromatic carbocycles. The second-order valence-electron chi connectivity index (χ2n) is 7.44. The smallest absolute Gasteiger partial charge is 0.257 e. The minimum atomic E-state index is -1.68. The maximum absolute atomic E-state index is 13.8. The molecule has 2 heterocycles. The Bertz CT molecular complexity index is 1070. The van der Waals surface area contributed by atoms with Gasteiger partial charge < -0.3 is 10.2 Å². The topological polar surface area (TPSA) is 69.7 Å². The van der Waals surface area contributed by atoms with Crippen LogP contribution in [0.2, 0.25) is 0 Å². The Balaban J connectivity index is 1.55. The average molecular weight is 417 g/mol. The maximum Gasteiger partial charge on any atom is 0.257 e. The highest BCUT2D eigenvalue weighted by Gasteiger charge is 2.52. The Hall–Kier alpha value is -3.36. The lowest BCUT2D eigenvalue weighted by Gasteiger charge is -2.48. The van der Waals surface area contributed by atoms with Crippen LogP contribution in [-0.2, 0) is 9.59 Å². The molecule has 0 bridgehead atoms. The van der Waals surface area contributed by atoms with E-state index < -0.39 is 34.7 Å². The van der Waals surface area contributed by atoms with Gasteiger partial charge in [-0.2, -0.15) is 0 Å². The fourth-order valence-corrected chi connectivity index (χ4v) is 4.09. The first kappa shape index (κ1) is 19.9. The van der Waals surface area contributed by atoms with Gasteiger partial charge in [0.05, 0.1) is 16.9 Å². The van der Waals surface area contributed by atoms with Crippen molar-refractivity contribution in [3.63, 3.8) is 0 Å². The number of nitrogens with zero attached hydrogens (tertiary/aromatic N) is 2. The van der Waals surface area contributed by atoms with Gasteiger partial charge in [-0.25, -0.2) is 13.2 Å². The van der Waals surface area contributed by atoms with E-state index in [2.05, 4.69) is 5.32 Å². The van der Waals surface area contributed by atoms with Crippen molar-refractivity contribution in [1.29, 1.82) is 0 Å². The maximum atomic E-state index is 13.8. The predicted molar refractivity (Wildman–Crippen MR) is 102 cm³/mol. The third-order valence-electron chi connectivity index (χ3n) is 5.62. The van der Waals surface area contributed by atoms with Gasteiger partial charge >= 0.3 is 0 Å². The molecule has 2 aliphatic heterocycles. The molecular weight excluding hydrogens is 399 g/mol. The zero-order valence-electron chi connectivity index (χ0n) is 16.0. The van der Waals surface area contributed by atoms with Crippen molar-refractivity contribution in [3.05, 3.63) is 59.4 Å². The number of carbonyl (C=O) groups is 3. The Labute approximate surface area is 170 Å². The van der Waals surface area contributed by atoms with E-state index in [9.17, 15) is 27.6 Å². The van der Waals surface area contributed by atoms with E-state index in [-0.39, 0.29) is 31.2 Å². The average Bonchev–Trinajstić information content (AvgIpc) is 3.03. The molecule has 6 nitrogen and oxygen atoms in total. The fraction of sp³-hybridized carbons (Fsp3) is 0.286. The zero-order valence-corrected chi connectivity index (χ0v) is 16.0. The molecule has 0 spiro atoms. The van der Waals surface area contributed by atoms with Crippen molar-refractivity contribution in [1.82, 2.24) is 4.90 Å². The summed E-state index contributed by atoms with van der Waals surface area (Å²) in [7, 11) is 0. The van der Waals surface area contributed by atoms with Gasteiger partial charge in [0.1, 0.15) is 5.66 Å². The van der Waals surface area contributed by atoms with E-state index >= 15 is 0 Å². The number of fused-ring (bicyclic) bond motifs is 3. The van der Waals surface area contributed by atoms with Crippen LogP contribution in [0.15, 0.2) is 36.4 Å². The van der Waals surface area contributed by atoms with Gasteiger partial charge in [-0.3, -0.25) is 19.3 Å². The number of para-hydroxylation sites is 1. The quantitative estimate of drug-likeness (QED) is 0.775. The van der Waals surface area contributed by atoms with Gasteiger partial charge in [-0.05, 0) is 37.6 Å². The van der Waals surface area contributed by atoms with Crippen LogP contribution >= 0.6 is 0 Å². The summed E-state index contributed by atoms with van der Waals surface area (Å²) in [6, 6.07) is 8.40. The molecule has 0 radical (unpaired) electrons. The number of anilines is 2. The van der Waals surface area contributed by atoms with E-state index in [1.807, 2.05) is 0 Å². The van der Waals surface area contributed by atoms with Gasteiger partial charge in [0.2, 0.25) is 11.8 Å². The van der Waals surface area contributed by atoms with Crippen LogP contribution in [-0.4, -0.2) is 34.8 Å². The summed E-state index contributed by atoms with van der Waals surface area (Å²) < 4.78 is 40.2. The molecule has 3 amide bonds. The highest BCUT2D eigenvalue weighted by Crippen LogP contribution is 2.43. The lowest BCUT2D eigenvalue weighted by molar-refractivity contribution is -0.117. The number of hydrogen-bond donors (Lipinski definition) is 1. The van der Waals surface area contributed by atoms with Crippen LogP contribution in [0.1, 0.15) is 36.5 Å². The van der Waals surface area contributed by atoms with Gasteiger partial charge in [0.15, 0.2) is 17.5 Å². The first-order valence-corrected chi connectivity index (χ1v) is 9.41. The SMILES string of the molecule is C[C@]12CCC(=O)N1c1ccccc1C(=O)N2CCC(=O)Nc1ccc(F)c(F)c1F. The van der Waals surface area contributed by atoms with E-state index in [1.165, 1.54) is 4.90 Å². The number of rotatable bonds is 4. The second-order valence-corrected chi connectivity index (χ2v) is 7.44. The molecule has 4 rings (SSSR count). The lowest BCUT2D eigenvalue weighted by Crippen LogP contribution is -2.62. The van der Waals surface area contributed by atoms with Gasteiger partial charge in [0.25, 0.3) is 5.91 Å². The van der Waals surface area contributed by atoms with Crippen LogP contribution in [0.25, 0.3) is 0 Å². The zero-order chi connectivity index (χ0) is 21.6. The Morgan fingerprint density at radius 3 is 2.60 bits per heavy atom. The third kappa shape index (κ3) is 3.01. The summed E-state index contributed by atoms with van der Waals surface area (Å²) >= 11 is 0. The summed E-state index contributed by atoms with van der Waals surface area (Å²) in [5.74, 6) is -5.64. The van der Waals surface area contributed by atoms with E-state index in [4.69, 9.17) is 0 Å². The monoisotopic (exact) mass is 417 g/mol. The number of halogens is 3. The Kier molecular flexibility index (Phi) is 4.76. The summed E-state index contributed by atoms with van der Waals surface area (Å²) in [5.41, 5.74) is -0.511. The van der Waals surface area contributed by atoms with Crippen LogP contribution in [0.5, 0.6) is 0 Å². The molecule has 1 N–H and O–H groups in total. The van der Waals surface area contributed by atoms with Crippen molar-refractivity contribution >= 4 is 29.1 Å². The number of amides is 3. The minimum Gasteiger partial charge on any atom is -0.323 e. The molecule has 0 saturated carbocycles. The molecule has 2 aromatic rings. The van der Waals surface area contributed by atoms with Crippen molar-refractivity contribution in [3.8, 4) is 0 Å². The van der Waals surface area contributed by atoms with Crippen LogP contribution in [0.3, 0.4) is 0 Å². The molecular formula is C21H18F3N3O3. The fourth-order valence-electron chi connectivity index (χ4n) is 4.09. The van der Waals surface area contributed by atoms with E-state index in [1.54, 1.807) is 36.1 Å². The van der Waals surface area contributed by atoms with Crippen molar-refractivity contribution < 1.29 is 27.6 Å². The molecule has 1 saturated heterocycles. The van der Waals surface area contributed by atoms with Gasteiger partial charge in [-0.1, -0.05) is 12.1 Å². The largest absolute Gasteiger partial charge is 0.323 e. The number of carbonyl (C=O) groups excluding carboxylic acids is 3. The molecule has 2 aliphatic rings. The number of nitrogens with one attached hydrogen (secondary N) is 1. The molecule has 1 atom stereocenters. The van der Waals surface area contributed by atoms with Crippen LogP contribution in [0, 0.1) is 17.5 Å². The van der Waals surface area contributed by atoms with Crippen molar-refractivity contribution in [2.45, 2.75) is 31.8 Å². The van der Waals surface area contributed by atoms with Gasteiger partial charge in [0, 0.05) is 19.4 Å². The molecule has 0 aliphatic carbocycles. The standard InChI is InChI=1S/C21H18F3N3O3/c1-21-10-8-17(29)27(21)15-5-3-2-4-12(15)20(30)26(21)11-9-16(28)25-14-7-6-13(22)18(23)19(14)24/h2-7H,8-11H2,1H3,(H,25,28)/t21-/m1/s1. The minimum absolute atomic E-state index is 0.0371. The Morgan fingerprint density at radius 1 is 1.10 bits per heavy atom. The molecule has 9 heteroatoms. The number of hydrogen-bond acceptors (Lipinski definition) is 3. The predicted octanol–water partition coefficient (Wildman–Crippen LogP) is 3.43. The summed E-state index contributed by atoms with van der Waals surface area (Å²) in [6.45, 7) is 1.73. The van der Waals surface area contributed by atoms with Crippen molar-refractivity contribution in [2.24, 2.45) is 0 Å². The van der Waals surface area contributed by atoms with Crippen LogP contribution in [0.4, 0.5) is 24.5 Å². The molecule has 30 heavy (non-hydrogen) atoms. The molecule has 1 fully saturated rings. The Morgan fingerprint density at radius 2 is 1.83 bits per heavy atom. The number of benzene rings is 2. The van der Waals surface area contributed by atoms with Gasteiger partial charge in [-0.15, -0.1) is 0 Å². The normalized spacial score (nSPS) is 20.3. The molecule has 0 aromatic heterocycles. The first-order chi connectivity index (χ1) is 14.2. The summed E-state index contributed by atoms with van der Waals surface area (Å²) in [6.07, 6.45) is 0.455. The first-order valence-electron chi connectivity index (χ1n) is 9.41. The molecule has 156 valence electrons. The van der Waals surface area contributed by atoms with Crippen LogP contribution < -0.4 is 10.2 Å². The van der Waals surface area contributed by atoms with E-state index in [0.717, 1.165) is 6.07 Å². The van der Waals surface area contributed by atoms with Crippen molar-refractivity contribution in [2.75, 3.05) is 16.8 Å². The highest BCUT2D eigenvalue weighted by molar-refractivity contribution is 6.10.